The van der Waals surface area contributed by atoms with E-state index in [1.54, 1.807) is 11.9 Å². The van der Waals surface area contributed by atoms with E-state index < -0.39 is 0 Å². The molecule has 3 fully saturated rings. The summed E-state index contributed by atoms with van der Waals surface area (Å²) >= 11 is 0. The fourth-order valence-corrected chi connectivity index (χ4v) is 6.67. The van der Waals surface area contributed by atoms with Crippen molar-refractivity contribution in [3.63, 3.8) is 0 Å². The lowest BCUT2D eigenvalue weighted by Crippen LogP contribution is -2.54. The molecule has 1 atom stereocenters. The number of hydrogen-bond acceptors (Lipinski definition) is 3. The van der Waals surface area contributed by atoms with Gasteiger partial charge in [0.05, 0.1) is 12.1 Å². The van der Waals surface area contributed by atoms with E-state index in [2.05, 4.69) is 49.1 Å². The zero-order valence-electron chi connectivity index (χ0n) is 22.5. The van der Waals surface area contributed by atoms with Crippen molar-refractivity contribution >= 4 is 17.8 Å². The van der Waals surface area contributed by atoms with E-state index in [-0.39, 0.29) is 41.8 Å². The summed E-state index contributed by atoms with van der Waals surface area (Å²) in [5, 5.41) is 7.50. The second-order valence-corrected chi connectivity index (χ2v) is 11.9. The Hall–Kier alpha value is -2.57. The molecule has 198 valence electrons. The molecule has 0 radical (unpaired) electrons. The summed E-state index contributed by atoms with van der Waals surface area (Å²) in [5.41, 5.74) is 6.89. The summed E-state index contributed by atoms with van der Waals surface area (Å²) < 4.78 is 0. The van der Waals surface area contributed by atoms with Crippen molar-refractivity contribution in [2.45, 2.75) is 82.6 Å². The molecule has 0 bridgehead atoms. The van der Waals surface area contributed by atoms with Gasteiger partial charge in [-0.3, -0.25) is 10.2 Å². The number of benzene rings is 1. The topological polar surface area (TPSA) is 93.7 Å². The third kappa shape index (κ3) is 5.40. The Morgan fingerprint density at radius 2 is 1.86 bits per heavy atom. The first-order chi connectivity index (χ1) is 17.2. The molecule has 7 nitrogen and oxygen atoms in total. The van der Waals surface area contributed by atoms with Gasteiger partial charge in [0.1, 0.15) is 12.4 Å². The van der Waals surface area contributed by atoms with Crippen LogP contribution in [0.15, 0.2) is 30.3 Å². The number of nitrogens with two attached hydrogens (primary N) is 1. The Bertz CT molecular complexity index is 936. The minimum Gasteiger partial charge on any atom is -0.386 e. The summed E-state index contributed by atoms with van der Waals surface area (Å²) in [6.45, 7) is 6.22. The first-order valence-corrected chi connectivity index (χ1v) is 13.9. The number of hydrogen-bond donors (Lipinski definition) is 2. The molecular formula is C29H45N5O2. The summed E-state index contributed by atoms with van der Waals surface area (Å²) in [6.07, 6.45) is 10.1. The smallest absolute Gasteiger partial charge is 0.321 e. The van der Waals surface area contributed by atoms with Gasteiger partial charge >= 0.3 is 6.03 Å². The van der Waals surface area contributed by atoms with Crippen molar-refractivity contribution in [1.82, 2.24) is 14.7 Å². The fourth-order valence-electron chi connectivity index (χ4n) is 6.67. The SMILES string of the molecule is CCC(C)CC1(c2ccccc2)CCC2(CC1)CN(CC(=O)N(C)CC(=N)N)C(=O)N2CC1CCC1. The second kappa shape index (κ2) is 10.8. The summed E-state index contributed by atoms with van der Waals surface area (Å²) in [4.78, 5) is 31.9. The number of nitrogens with one attached hydrogen (secondary N) is 1. The average molecular weight is 496 g/mol. The third-order valence-corrected chi connectivity index (χ3v) is 9.34. The fraction of sp³-hybridized carbons (Fsp3) is 0.690. The monoisotopic (exact) mass is 495 g/mol. The molecule has 36 heavy (non-hydrogen) atoms. The maximum Gasteiger partial charge on any atom is 0.321 e. The van der Waals surface area contributed by atoms with Gasteiger partial charge in [0.15, 0.2) is 0 Å². The van der Waals surface area contributed by atoms with E-state index in [4.69, 9.17) is 11.1 Å². The van der Waals surface area contributed by atoms with Gasteiger partial charge in [-0.05, 0) is 67.8 Å². The predicted molar refractivity (Wildman–Crippen MR) is 144 cm³/mol. The number of amidine groups is 1. The van der Waals surface area contributed by atoms with Crippen LogP contribution in [0, 0.1) is 17.2 Å². The van der Waals surface area contributed by atoms with E-state index in [9.17, 15) is 9.59 Å². The Kier molecular flexibility index (Phi) is 7.96. The normalized spacial score (nSPS) is 27.2. The number of carbonyl (C=O) groups excluding carboxylic acids is 2. The molecule has 1 unspecified atom stereocenters. The number of amides is 3. The van der Waals surface area contributed by atoms with Crippen LogP contribution < -0.4 is 5.73 Å². The molecule has 3 amide bonds. The quantitative estimate of drug-likeness (QED) is 0.367. The molecule has 3 aliphatic rings. The van der Waals surface area contributed by atoms with Crippen LogP contribution in [0.5, 0.6) is 0 Å². The van der Waals surface area contributed by atoms with Crippen LogP contribution in [0.4, 0.5) is 4.79 Å². The lowest BCUT2D eigenvalue weighted by Gasteiger charge is -2.50. The van der Waals surface area contributed by atoms with Gasteiger partial charge < -0.3 is 20.4 Å². The van der Waals surface area contributed by atoms with Gasteiger partial charge in [-0.15, -0.1) is 0 Å². The Morgan fingerprint density at radius 1 is 1.19 bits per heavy atom. The lowest BCUT2D eigenvalue weighted by molar-refractivity contribution is -0.129. The summed E-state index contributed by atoms with van der Waals surface area (Å²) in [5.74, 6) is 1.03. The standard InChI is InChI=1S/C29H45N5O2/c1-4-22(2)17-28(24-11-6-5-7-12-24)13-15-29(16-14-28)21-33(20-26(35)32(3)19-25(30)31)27(36)34(29)18-23-9-8-10-23/h5-7,11-12,22-23H,4,8-10,13-21H2,1-3H3,(H3,30,31). The Morgan fingerprint density at radius 3 is 2.42 bits per heavy atom. The second-order valence-electron chi connectivity index (χ2n) is 11.9. The third-order valence-electron chi connectivity index (χ3n) is 9.34. The van der Waals surface area contributed by atoms with Gasteiger partial charge in [-0.2, -0.15) is 0 Å². The minimum absolute atomic E-state index is 0.0145. The van der Waals surface area contributed by atoms with Crippen molar-refractivity contribution in [2.75, 3.05) is 33.2 Å². The van der Waals surface area contributed by atoms with Gasteiger partial charge in [0, 0.05) is 20.1 Å². The highest BCUT2D eigenvalue weighted by molar-refractivity contribution is 5.89. The summed E-state index contributed by atoms with van der Waals surface area (Å²) in [7, 11) is 1.65. The Balaban J connectivity index is 1.55. The number of urea groups is 1. The number of rotatable bonds is 10. The maximum atomic E-state index is 13.7. The van der Waals surface area contributed by atoms with Crippen LogP contribution in [-0.4, -0.2) is 71.2 Å². The number of nitrogens with zero attached hydrogens (tertiary/aromatic N) is 3. The highest BCUT2D eigenvalue weighted by atomic mass is 16.2. The molecule has 1 aromatic rings. The van der Waals surface area contributed by atoms with Crippen molar-refractivity contribution in [3.8, 4) is 0 Å². The first-order valence-electron chi connectivity index (χ1n) is 13.9. The van der Waals surface area contributed by atoms with Crippen LogP contribution in [0.1, 0.15) is 77.2 Å². The van der Waals surface area contributed by atoms with E-state index in [0.717, 1.165) is 32.2 Å². The highest BCUT2D eigenvalue weighted by Gasteiger charge is 2.54. The van der Waals surface area contributed by atoms with Crippen LogP contribution in [0.25, 0.3) is 0 Å². The van der Waals surface area contributed by atoms with Crippen LogP contribution >= 0.6 is 0 Å². The molecule has 3 N–H and O–H groups in total. The molecule has 2 aliphatic carbocycles. The van der Waals surface area contributed by atoms with Gasteiger partial charge in [-0.25, -0.2) is 4.79 Å². The lowest BCUT2D eigenvalue weighted by atomic mass is 9.60. The molecule has 2 saturated carbocycles. The number of carbonyl (C=O) groups is 2. The van der Waals surface area contributed by atoms with Crippen LogP contribution in [-0.2, 0) is 10.2 Å². The Labute approximate surface area is 216 Å². The molecule has 7 heteroatoms. The van der Waals surface area contributed by atoms with Crippen LogP contribution in [0.3, 0.4) is 0 Å². The largest absolute Gasteiger partial charge is 0.386 e. The molecular weight excluding hydrogens is 450 g/mol. The highest BCUT2D eigenvalue weighted by Crippen LogP contribution is 2.51. The van der Waals surface area contributed by atoms with Crippen molar-refractivity contribution in [3.05, 3.63) is 35.9 Å². The van der Waals surface area contributed by atoms with E-state index >= 15 is 0 Å². The first kappa shape index (κ1) is 26.5. The average Bonchev–Trinajstić information content (AvgIpc) is 3.08. The zero-order chi connectivity index (χ0) is 25.9. The predicted octanol–water partition coefficient (Wildman–Crippen LogP) is 4.61. The van der Waals surface area contributed by atoms with Crippen LogP contribution in [0.2, 0.25) is 0 Å². The summed E-state index contributed by atoms with van der Waals surface area (Å²) in [6, 6.07) is 11.0. The van der Waals surface area contributed by atoms with Gasteiger partial charge in [0.2, 0.25) is 5.91 Å². The maximum absolute atomic E-state index is 13.7. The molecule has 1 aliphatic heterocycles. The zero-order valence-corrected chi connectivity index (χ0v) is 22.5. The van der Waals surface area contributed by atoms with Crippen molar-refractivity contribution in [2.24, 2.45) is 17.6 Å². The minimum atomic E-state index is -0.195. The molecule has 1 aromatic carbocycles. The van der Waals surface area contributed by atoms with Crippen molar-refractivity contribution < 1.29 is 9.59 Å². The van der Waals surface area contributed by atoms with E-state index in [1.807, 2.05) is 0 Å². The van der Waals surface area contributed by atoms with Crippen molar-refractivity contribution in [1.29, 1.82) is 5.41 Å². The molecule has 1 saturated heterocycles. The molecule has 1 spiro atoms. The van der Waals surface area contributed by atoms with Gasteiger partial charge in [-0.1, -0.05) is 57.0 Å². The molecule has 4 rings (SSSR count). The number of likely N-dealkylation sites (N-methyl/N-ethyl adjacent to an activating group) is 1. The molecule has 1 heterocycles. The van der Waals surface area contributed by atoms with E-state index in [1.165, 1.54) is 42.6 Å². The van der Waals surface area contributed by atoms with Gasteiger partial charge in [0.25, 0.3) is 0 Å². The van der Waals surface area contributed by atoms with E-state index in [0.29, 0.717) is 18.4 Å². The molecule has 0 aromatic heterocycles.